The molecule has 1 saturated heterocycles. The average Bonchev–Trinajstić information content (AvgIpc) is 2.48. The number of hydrogen-bond acceptors (Lipinski definition) is 2. The molecule has 4 heteroatoms. The molecule has 2 N–H and O–H groups in total. The zero-order chi connectivity index (χ0) is 15.4. The lowest BCUT2D eigenvalue weighted by Gasteiger charge is -2.34. The SMILES string of the molecule is Cc1cc(CCC(=O)N2CCC[C@@H]([C@H](C)N)C2)ccc1Br. The first-order valence-corrected chi connectivity index (χ1v) is 8.55. The Kier molecular flexibility index (Phi) is 5.82. The van der Waals surface area contributed by atoms with E-state index in [-0.39, 0.29) is 11.9 Å². The monoisotopic (exact) mass is 352 g/mol. The van der Waals surface area contributed by atoms with Gasteiger partial charge in [0.25, 0.3) is 0 Å². The van der Waals surface area contributed by atoms with Crippen LogP contribution in [0.5, 0.6) is 0 Å². The van der Waals surface area contributed by atoms with Crippen LogP contribution in [0.25, 0.3) is 0 Å². The van der Waals surface area contributed by atoms with E-state index in [1.165, 1.54) is 11.1 Å². The lowest BCUT2D eigenvalue weighted by atomic mass is 9.92. The molecule has 3 nitrogen and oxygen atoms in total. The predicted molar refractivity (Wildman–Crippen MR) is 90.2 cm³/mol. The predicted octanol–water partition coefficient (Wildman–Crippen LogP) is 3.28. The molecule has 0 unspecified atom stereocenters. The molecule has 2 atom stereocenters. The van der Waals surface area contributed by atoms with Crippen LogP contribution < -0.4 is 5.73 Å². The van der Waals surface area contributed by atoms with Crippen LogP contribution in [0, 0.1) is 12.8 Å². The molecule has 1 aliphatic rings. The largest absolute Gasteiger partial charge is 0.342 e. The molecule has 0 spiro atoms. The van der Waals surface area contributed by atoms with Crippen LogP contribution in [0.3, 0.4) is 0 Å². The second kappa shape index (κ2) is 7.41. The second-order valence-corrected chi connectivity index (χ2v) is 7.04. The average molecular weight is 353 g/mol. The van der Waals surface area contributed by atoms with Crippen LogP contribution in [0.15, 0.2) is 22.7 Å². The summed E-state index contributed by atoms with van der Waals surface area (Å²) in [6.07, 6.45) is 3.63. The van der Waals surface area contributed by atoms with Crippen molar-refractivity contribution in [3.05, 3.63) is 33.8 Å². The molecule has 2 rings (SSSR count). The highest BCUT2D eigenvalue weighted by Gasteiger charge is 2.25. The van der Waals surface area contributed by atoms with Gasteiger partial charge in [-0.3, -0.25) is 4.79 Å². The number of hydrogen-bond donors (Lipinski definition) is 1. The molecule has 1 amide bonds. The van der Waals surface area contributed by atoms with Gasteiger partial charge in [-0.25, -0.2) is 0 Å². The Morgan fingerprint density at radius 1 is 1.52 bits per heavy atom. The maximum Gasteiger partial charge on any atom is 0.222 e. The highest BCUT2D eigenvalue weighted by molar-refractivity contribution is 9.10. The van der Waals surface area contributed by atoms with Gasteiger partial charge in [0.05, 0.1) is 0 Å². The smallest absolute Gasteiger partial charge is 0.222 e. The highest BCUT2D eigenvalue weighted by Crippen LogP contribution is 2.21. The molecule has 1 aromatic rings. The fraction of sp³-hybridized carbons (Fsp3) is 0.588. The van der Waals surface area contributed by atoms with E-state index in [1.54, 1.807) is 0 Å². The first-order valence-electron chi connectivity index (χ1n) is 7.75. The summed E-state index contributed by atoms with van der Waals surface area (Å²) in [6.45, 7) is 5.84. The Bertz CT molecular complexity index is 502. The summed E-state index contributed by atoms with van der Waals surface area (Å²) in [5.41, 5.74) is 8.43. The minimum atomic E-state index is 0.176. The van der Waals surface area contributed by atoms with Crippen molar-refractivity contribution >= 4 is 21.8 Å². The number of amides is 1. The van der Waals surface area contributed by atoms with E-state index in [0.29, 0.717) is 12.3 Å². The maximum atomic E-state index is 12.4. The Hall–Kier alpha value is -0.870. The van der Waals surface area contributed by atoms with E-state index in [1.807, 2.05) is 11.8 Å². The quantitative estimate of drug-likeness (QED) is 0.903. The van der Waals surface area contributed by atoms with Gasteiger partial charge in [0, 0.05) is 30.0 Å². The molecule has 1 aromatic carbocycles. The summed E-state index contributed by atoms with van der Waals surface area (Å²) in [7, 11) is 0. The topological polar surface area (TPSA) is 46.3 Å². The van der Waals surface area contributed by atoms with E-state index >= 15 is 0 Å². The van der Waals surface area contributed by atoms with Gasteiger partial charge in [0.1, 0.15) is 0 Å². The number of benzene rings is 1. The number of aryl methyl sites for hydroxylation is 2. The summed E-state index contributed by atoms with van der Waals surface area (Å²) < 4.78 is 1.12. The standard InChI is InChI=1S/C17H25BrN2O/c1-12-10-14(5-7-16(12)18)6-8-17(21)20-9-3-4-15(11-20)13(2)19/h5,7,10,13,15H,3-4,6,8-9,11,19H2,1-2H3/t13-,15+/m0/s1. The minimum absolute atomic E-state index is 0.176. The van der Waals surface area contributed by atoms with E-state index < -0.39 is 0 Å². The molecule has 0 saturated carbocycles. The third-order valence-electron chi connectivity index (χ3n) is 4.40. The molecular weight excluding hydrogens is 328 g/mol. The number of likely N-dealkylation sites (tertiary alicyclic amines) is 1. The van der Waals surface area contributed by atoms with Crippen molar-refractivity contribution in [2.75, 3.05) is 13.1 Å². The van der Waals surface area contributed by atoms with E-state index in [2.05, 4.69) is 41.1 Å². The number of halogens is 1. The van der Waals surface area contributed by atoms with Crippen molar-refractivity contribution in [1.29, 1.82) is 0 Å². The van der Waals surface area contributed by atoms with Crippen LogP contribution in [0.4, 0.5) is 0 Å². The first-order chi connectivity index (χ1) is 9.97. The Labute approximate surface area is 136 Å². The van der Waals surface area contributed by atoms with Crippen LogP contribution in [-0.4, -0.2) is 29.9 Å². The Balaban J connectivity index is 1.87. The normalized spacial score (nSPS) is 20.4. The van der Waals surface area contributed by atoms with Gasteiger partial charge >= 0.3 is 0 Å². The fourth-order valence-corrected chi connectivity index (χ4v) is 3.18. The highest BCUT2D eigenvalue weighted by atomic mass is 79.9. The number of carbonyl (C=O) groups is 1. The summed E-state index contributed by atoms with van der Waals surface area (Å²) in [6, 6.07) is 6.47. The molecule has 1 fully saturated rings. The maximum absolute atomic E-state index is 12.4. The van der Waals surface area contributed by atoms with Gasteiger partial charge in [-0.15, -0.1) is 0 Å². The van der Waals surface area contributed by atoms with E-state index in [4.69, 9.17) is 5.73 Å². The number of carbonyl (C=O) groups excluding carboxylic acids is 1. The van der Waals surface area contributed by atoms with Gasteiger partial charge in [0.2, 0.25) is 5.91 Å². The molecule has 1 heterocycles. The molecule has 0 aromatic heterocycles. The number of nitrogens with two attached hydrogens (primary N) is 1. The molecular formula is C17H25BrN2O. The number of piperidine rings is 1. The van der Waals surface area contributed by atoms with Gasteiger partial charge < -0.3 is 10.6 Å². The van der Waals surface area contributed by atoms with Gasteiger partial charge in [-0.1, -0.05) is 28.1 Å². The van der Waals surface area contributed by atoms with Crippen molar-refractivity contribution in [1.82, 2.24) is 4.90 Å². The molecule has 1 aliphatic heterocycles. The summed E-state index contributed by atoms with van der Waals surface area (Å²) in [5.74, 6) is 0.721. The van der Waals surface area contributed by atoms with Crippen molar-refractivity contribution in [2.24, 2.45) is 11.7 Å². The molecule has 0 aliphatic carbocycles. The number of rotatable bonds is 4. The molecule has 0 bridgehead atoms. The van der Waals surface area contributed by atoms with Gasteiger partial charge in [-0.2, -0.15) is 0 Å². The van der Waals surface area contributed by atoms with Crippen molar-refractivity contribution in [3.63, 3.8) is 0 Å². The van der Waals surface area contributed by atoms with Crippen molar-refractivity contribution in [3.8, 4) is 0 Å². The first kappa shape index (κ1) is 16.5. The zero-order valence-electron chi connectivity index (χ0n) is 12.9. The van der Waals surface area contributed by atoms with Crippen LogP contribution in [0.2, 0.25) is 0 Å². The van der Waals surface area contributed by atoms with Crippen LogP contribution in [0.1, 0.15) is 37.3 Å². The number of nitrogens with zero attached hydrogens (tertiary/aromatic N) is 1. The zero-order valence-corrected chi connectivity index (χ0v) is 14.5. The van der Waals surface area contributed by atoms with E-state index in [9.17, 15) is 4.79 Å². The third-order valence-corrected chi connectivity index (χ3v) is 5.29. The van der Waals surface area contributed by atoms with Crippen LogP contribution >= 0.6 is 15.9 Å². The summed E-state index contributed by atoms with van der Waals surface area (Å²) in [5, 5.41) is 0. The summed E-state index contributed by atoms with van der Waals surface area (Å²) >= 11 is 3.51. The van der Waals surface area contributed by atoms with Gasteiger partial charge in [-0.05, 0) is 56.2 Å². The molecule has 21 heavy (non-hydrogen) atoms. The lowest BCUT2D eigenvalue weighted by Crippen LogP contribution is -2.45. The lowest BCUT2D eigenvalue weighted by molar-refractivity contribution is -0.133. The second-order valence-electron chi connectivity index (χ2n) is 6.18. The summed E-state index contributed by atoms with van der Waals surface area (Å²) in [4.78, 5) is 14.4. The van der Waals surface area contributed by atoms with Crippen LogP contribution in [-0.2, 0) is 11.2 Å². The third kappa shape index (κ3) is 4.55. The van der Waals surface area contributed by atoms with Crippen molar-refractivity contribution < 1.29 is 4.79 Å². The Morgan fingerprint density at radius 3 is 2.95 bits per heavy atom. The minimum Gasteiger partial charge on any atom is -0.342 e. The molecule has 0 radical (unpaired) electrons. The van der Waals surface area contributed by atoms with Crippen molar-refractivity contribution in [2.45, 2.75) is 45.6 Å². The molecule has 116 valence electrons. The fourth-order valence-electron chi connectivity index (χ4n) is 2.94. The Morgan fingerprint density at radius 2 is 2.29 bits per heavy atom. The van der Waals surface area contributed by atoms with E-state index in [0.717, 1.165) is 36.8 Å². The van der Waals surface area contributed by atoms with Gasteiger partial charge in [0.15, 0.2) is 0 Å².